The standard InChI is InChI=1S/C10H16NO2/c11-9(13)8-10(6-7-12)4-2-1-3-5-10/h7,11H,1-6,8H2. The summed E-state index contributed by atoms with van der Waals surface area (Å²) in [5.41, 5.74) is 6.81. The zero-order chi connectivity index (χ0) is 9.73. The molecule has 0 aromatic carbocycles. The fourth-order valence-corrected chi connectivity index (χ4v) is 2.27. The molecule has 13 heavy (non-hydrogen) atoms. The minimum atomic E-state index is -0.524. The highest BCUT2D eigenvalue weighted by molar-refractivity contribution is 5.74. The third-order valence-electron chi connectivity index (χ3n) is 2.97. The molecule has 1 aliphatic rings. The number of carbonyl (C=O) groups is 2. The van der Waals surface area contributed by atoms with Crippen LogP contribution in [-0.4, -0.2) is 12.2 Å². The minimum absolute atomic E-state index is 0.154. The van der Waals surface area contributed by atoms with E-state index in [4.69, 9.17) is 5.73 Å². The van der Waals surface area contributed by atoms with Crippen molar-refractivity contribution in [2.24, 2.45) is 5.41 Å². The van der Waals surface area contributed by atoms with E-state index in [-0.39, 0.29) is 11.8 Å². The Morgan fingerprint density at radius 2 is 1.92 bits per heavy atom. The van der Waals surface area contributed by atoms with Crippen LogP contribution in [0.25, 0.3) is 0 Å². The zero-order valence-electron chi connectivity index (χ0n) is 7.84. The number of rotatable bonds is 4. The quantitative estimate of drug-likeness (QED) is 0.621. The van der Waals surface area contributed by atoms with Gasteiger partial charge in [0.05, 0.1) is 0 Å². The van der Waals surface area contributed by atoms with Crippen LogP contribution in [0.3, 0.4) is 0 Å². The average molecular weight is 182 g/mol. The van der Waals surface area contributed by atoms with Crippen LogP contribution < -0.4 is 5.73 Å². The topological polar surface area (TPSA) is 57.9 Å². The number of hydrogen-bond acceptors (Lipinski definition) is 2. The van der Waals surface area contributed by atoms with E-state index >= 15 is 0 Å². The summed E-state index contributed by atoms with van der Waals surface area (Å²) in [4.78, 5) is 21.2. The van der Waals surface area contributed by atoms with Crippen molar-refractivity contribution in [3.63, 3.8) is 0 Å². The molecule has 0 spiro atoms. The number of nitrogens with one attached hydrogen (secondary N) is 1. The maximum atomic E-state index is 10.7. The largest absolute Gasteiger partial charge is 0.303 e. The van der Waals surface area contributed by atoms with E-state index in [1.54, 1.807) is 0 Å². The summed E-state index contributed by atoms with van der Waals surface area (Å²) in [6.07, 6.45) is 6.90. The van der Waals surface area contributed by atoms with E-state index in [0.717, 1.165) is 32.0 Å². The molecule has 0 unspecified atom stereocenters. The summed E-state index contributed by atoms with van der Waals surface area (Å²) in [6.45, 7) is 0. The second kappa shape index (κ2) is 4.40. The van der Waals surface area contributed by atoms with E-state index in [0.29, 0.717) is 6.42 Å². The highest BCUT2D eigenvalue weighted by Gasteiger charge is 2.33. The lowest BCUT2D eigenvalue weighted by molar-refractivity contribution is -0.122. The third-order valence-corrected chi connectivity index (χ3v) is 2.97. The summed E-state index contributed by atoms with van der Waals surface area (Å²) < 4.78 is 0. The molecule has 1 fully saturated rings. The molecule has 1 N–H and O–H groups in total. The molecule has 3 nitrogen and oxygen atoms in total. The number of hydrogen-bond donors (Lipinski definition) is 0. The molecule has 1 rings (SSSR count). The number of carbonyl (C=O) groups excluding carboxylic acids is 2. The second-order valence-electron chi connectivity index (χ2n) is 4.03. The van der Waals surface area contributed by atoms with Gasteiger partial charge in [0.25, 0.3) is 0 Å². The molecule has 1 amide bonds. The van der Waals surface area contributed by atoms with Crippen LogP contribution in [0.5, 0.6) is 0 Å². The van der Waals surface area contributed by atoms with Gasteiger partial charge in [0, 0.05) is 12.8 Å². The number of amides is 1. The van der Waals surface area contributed by atoms with E-state index in [2.05, 4.69) is 0 Å². The molecule has 1 radical (unpaired) electrons. The van der Waals surface area contributed by atoms with Crippen molar-refractivity contribution in [2.45, 2.75) is 44.9 Å². The Morgan fingerprint density at radius 1 is 1.31 bits per heavy atom. The van der Waals surface area contributed by atoms with E-state index in [1.807, 2.05) is 0 Å². The van der Waals surface area contributed by atoms with Gasteiger partial charge in [-0.3, -0.25) is 10.5 Å². The molecule has 0 aromatic rings. The molecule has 3 heteroatoms. The SMILES string of the molecule is [NH]C(=O)CC1(CC=O)CCCCC1. The van der Waals surface area contributed by atoms with Crippen LogP contribution in [-0.2, 0) is 9.59 Å². The molecule has 0 heterocycles. The lowest BCUT2D eigenvalue weighted by Gasteiger charge is -2.34. The molecule has 0 saturated heterocycles. The van der Waals surface area contributed by atoms with Gasteiger partial charge < -0.3 is 4.79 Å². The van der Waals surface area contributed by atoms with Gasteiger partial charge in [-0.2, -0.15) is 0 Å². The molecule has 0 atom stereocenters. The van der Waals surface area contributed by atoms with Gasteiger partial charge in [-0.25, -0.2) is 0 Å². The van der Waals surface area contributed by atoms with Crippen molar-refractivity contribution < 1.29 is 9.59 Å². The van der Waals surface area contributed by atoms with Gasteiger partial charge in [0.15, 0.2) is 0 Å². The molecular weight excluding hydrogens is 166 g/mol. The van der Waals surface area contributed by atoms with Gasteiger partial charge in [0.2, 0.25) is 5.91 Å². The first kappa shape index (κ1) is 10.2. The van der Waals surface area contributed by atoms with E-state index in [1.165, 1.54) is 6.42 Å². The fourth-order valence-electron chi connectivity index (χ4n) is 2.27. The Bertz CT molecular complexity index is 195. The Balaban J connectivity index is 2.60. The minimum Gasteiger partial charge on any atom is -0.303 e. The molecule has 0 aromatic heterocycles. The molecule has 73 valence electrons. The smallest absolute Gasteiger partial charge is 0.238 e. The monoisotopic (exact) mass is 182 g/mol. The van der Waals surface area contributed by atoms with E-state index in [9.17, 15) is 9.59 Å². The van der Waals surface area contributed by atoms with Gasteiger partial charge >= 0.3 is 0 Å². The summed E-state index contributed by atoms with van der Waals surface area (Å²) in [5.74, 6) is -0.524. The van der Waals surface area contributed by atoms with Crippen LogP contribution in [0.15, 0.2) is 0 Å². The molecule has 0 aliphatic heterocycles. The predicted octanol–water partition coefficient (Wildman–Crippen LogP) is 1.73. The maximum absolute atomic E-state index is 10.7. The molecule has 1 saturated carbocycles. The van der Waals surface area contributed by atoms with Crippen LogP contribution in [0.1, 0.15) is 44.9 Å². The highest BCUT2D eigenvalue weighted by Crippen LogP contribution is 2.41. The first-order valence-corrected chi connectivity index (χ1v) is 4.87. The first-order valence-electron chi connectivity index (χ1n) is 4.87. The lowest BCUT2D eigenvalue weighted by atomic mass is 9.70. The second-order valence-corrected chi connectivity index (χ2v) is 4.03. The Hall–Kier alpha value is -0.860. The van der Waals surface area contributed by atoms with Crippen molar-refractivity contribution in [2.75, 3.05) is 0 Å². The van der Waals surface area contributed by atoms with Crippen molar-refractivity contribution in [1.29, 1.82) is 0 Å². The Kier molecular flexibility index (Phi) is 3.46. The maximum Gasteiger partial charge on any atom is 0.238 e. The van der Waals surface area contributed by atoms with Gasteiger partial charge in [-0.15, -0.1) is 0 Å². The normalized spacial score (nSPS) is 20.9. The summed E-state index contributed by atoms with van der Waals surface area (Å²) in [5, 5.41) is 0. The van der Waals surface area contributed by atoms with Crippen LogP contribution in [0.4, 0.5) is 0 Å². The third kappa shape index (κ3) is 2.83. The van der Waals surface area contributed by atoms with Crippen molar-refractivity contribution in [3.05, 3.63) is 0 Å². The van der Waals surface area contributed by atoms with Gasteiger partial charge in [0.1, 0.15) is 6.29 Å². The summed E-state index contributed by atoms with van der Waals surface area (Å²) in [7, 11) is 0. The van der Waals surface area contributed by atoms with Crippen molar-refractivity contribution in [3.8, 4) is 0 Å². The summed E-state index contributed by atoms with van der Waals surface area (Å²) in [6, 6.07) is 0. The van der Waals surface area contributed by atoms with Gasteiger partial charge in [-0.05, 0) is 18.3 Å². The van der Waals surface area contributed by atoms with Gasteiger partial charge in [-0.1, -0.05) is 19.3 Å². The average Bonchev–Trinajstić information content (AvgIpc) is 2.04. The Morgan fingerprint density at radius 3 is 2.38 bits per heavy atom. The summed E-state index contributed by atoms with van der Waals surface area (Å²) >= 11 is 0. The molecule has 0 bridgehead atoms. The van der Waals surface area contributed by atoms with Crippen molar-refractivity contribution >= 4 is 12.2 Å². The fraction of sp³-hybridized carbons (Fsp3) is 0.800. The predicted molar refractivity (Wildman–Crippen MR) is 48.9 cm³/mol. The van der Waals surface area contributed by atoms with Crippen molar-refractivity contribution in [1.82, 2.24) is 5.73 Å². The highest BCUT2D eigenvalue weighted by atomic mass is 16.1. The first-order chi connectivity index (χ1) is 6.18. The number of aldehydes is 1. The zero-order valence-corrected chi connectivity index (χ0v) is 7.84. The van der Waals surface area contributed by atoms with Crippen LogP contribution >= 0.6 is 0 Å². The molecule has 1 aliphatic carbocycles. The lowest BCUT2D eigenvalue weighted by Crippen LogP contribution is -2.28. The molecular formula is C10H16NO2. The van der Waals surface area contributed by atoms with Crippen LogP contribution in [0, 0.1) is 5.41 Å². The van der Waals surface area contributed by atoms with Crippen LogP contribution in [0.2, 0.25) is 0 Å². The van der Waals surface area contributed by atoms with E-state index < -0.39 is 5.91 Å². The Labute approximate surface area is 78.7 Å².